The molecular formula is C21H21N3O5. The second-order valence-electron chi connectivity index (χ2n) is 6.82. The predicted molar refractivity (Wildman–Crippen MR) is 107 cm³/mol. The van der Waals surface area contributed by atoms with Crippen LogP contribution in [0.2, 0.25) is 0 Å². The van der Waals surface area contributed by atoms with Crippen molar-refractivity contribution in [2.45, 2.75) is 31.9 Å². The summed E-state index contributed by atoms with van der Waals surface area (Å²) in [4.78, 5) is 35.8. The van der Waals surface area contributed by atoms with Crippen LogP contribution in [0.3, 0.4) is 0 Å². The van der Waals surface area contributed by atoms with Crippen molar-refractivity contribution in [3.05, 3.63) is 65.7 Å². The molecule has 2 aromatic rings. The summed E-state index contributed by atoms with van der Waals surface area (Å²) >= 11 is 0. The fraction of sp³-hybridized carbons (Fsp3) is 0.238. The molecule has 29 heavy (non-hydrogen) atoms. The number of nitrogens with one attached hydrogen (secondary N) is 1. The average molecular weight is 395 g/mol. The molecule has 0 saturated heterocycles. The van der Waals surface area contributed by atoms with Gasteiger partial charge in [-0.1, -0.05) is 30.3 Å². The average Bonchev–Trinajstić information content (AvgIpc) is 3.05. The van der Waals surface area contributed by atoms with E-state index in [4.69, 9.17) is 5.11 Å². The number of hydrogen-bond acceptors (Lipinski definition) is 5. The van der Waals surface area contributed by atoms with Crippen LogP contribution >= 0.6 is 0 Å². The van der Waals surface area contributed by atoms with Gasteiger partial charge in [-0.2, -0.15) is 5.10 Å². The number of amides is 2. The molecule has 0 spiro atoms. The van der Waals surface area contributed by atoms with Crippen LogP contribution in [0, 0.1) is 0 Å². The molecule has 0 fully saturated rings. The van der Waals surface area contributed by atoms with Crippen molar-refractivity contribution < 1.29 is 24.6 Å². The van der Waals surface area contributed by atoms with E-state index in [9.17, 15) is 19.5 Å². The molecule has 2 atom stereocenters. The van der Waals surface area contributed by atoms with Gasteiger partial charge in [0.2, 0.25) is 0 Å². The first-order chi connectivity index (χ1) is 13.8. The minimum Gasteiger partial charge on any atom is -0.479 e. The number of carboxylic acids is 1. The van der Waals surface area contributed by atoms with Crippen molar-refractivity contribution in [3.8, 4) is 0 Å². The number of carboxylic acid groups (broad SMARTS) is 1. The molecule has 0 aliphatic carbocycles. The normalized spacial score (nSPS) is 15.6. The lowest BCUT2D eigenvalue weighted by Crippen LogP contribution is -2.48. The highest BCUT2D eigenvalue weighted by molar-refractivity contribution is 6.12. The van der Waals surface area contributed by atoms with Gasteiger partial charge in [0.05, 0.1) is 18.2 Å². The van der Waals surface area contributed by atoms with Crippen molar-refractivity contribution in [2.24, 2.45) is 5.10 Å². The third kappa shape index (κ3) is 4.85. The third-order valence-electron chi connectivity index (χ3n) is 4.54. The first kappa shape index (κ1) is 20.2. The van der Waals surface area contributed by atoms with E-state index in [0.717, 1.165) is 5.56 Å². The fourth-order valence-corrected chi connectivity index (χ4v) is 3.04. The monoisotopic (exact) mass is 395 g/mol. The zero-order valence-corrected chi connectivity index (χ0v) is 15.8. The number of carbonyl (C=O) groups is 3. The molecule has 1 aliphatic heterocycles. The lowest BCUT2D eigenvalue weighted by atomic mass is 10.0. The summed E-state index contributed by atoms with van der Waals surface area (Å²) in [5.74, 6) is -2.08. The Bertz CT molecular complexity index is 941. The van der Waals surface area contributed by atoms with Crippen molar-refractivity contribution in [1.82, 2.24) is 5.32 Å². The van der Waals surface area contributed by atoms with Gasteiger partial charge in [-0.3, -0.25) is 9.59 Å². The van der Waals surface area contributed by atoms with Gasteiger partial charge < -0.3 is 15.5 Å². The van der Waals surface area contributed by atoms with E-state index in [1.807, 2.05) is 6.07 Å². The topological polar surface area (TPSA) is 119 Å². The molecule has 0 unspecified atom stereocenters. The molecule has 0 radical (unpaired) electrons. The second-order valence-corrected chi connectivity index (χ2v) is 6.82. The highest BCUT2D eigenvalue weighted by Gasteiger charge is 2.28. The maximum atomic E-state index is 12.6. The fourth-order valence-electron chi connectivity index (χ4n) is 3.04. The standard InChI is InChI=1S/C21H21N3O5/c1-13-11-18(25)24(23-13)16-9-7-15(8-10-16)20(27)22-17(19(26)21(28)29)12-14-5-3-2-4-6-14/h2-10,17,19,26H,11-12H2,1H3,(H,22,27)(H,28,29)/t17-,19-/m1/s1. The molecular weight excluding hydrogens is 374 g/mol. The maximum Gasteiger partial charge on any atom is 0.334 e. The maximum absolute atomic E-state index is 12.6. The molecule has 8 nitrogen and oxygen atoms in total. The van der Waals surface area contributed by atoms with E-state index in [1.54, 1.807) is 43.3 Å². The minimum absolute atomic E-state index is 0.146. The van der Waals surface area contributed by atoms with Crippen LogP contribution in [0.4, 0.5) is 5.69 Å². The van der Waals surface area contributed by atoms with E-state index >= 15 is 0 Å². The minimum atomic E-state index is -1.75. The molecule has 3 N–H and O–H groups in total. The van der Waals surface area contributed by atoms with Crippen LogP contribution in [-0.4, -0.2) is 45.9 Å². The number of nitrogens with zero attached hydrogens (tertiary/aromatic N) is 2. The number of hydrazone groups is 1. The Hall–Kier alpha value is -3.52. The van der Waals surface area contributed by atoms with Crippen LogP contribution in [0.1, 0.15) is 29.3 Å². The second kappa shape index (κ2) is 8.66. The van der Waals surface area contributed by atoms with Crippen molar-refractivity contribution >= 4 is 29.2 Å². The molecule has 1 heterocycles. The Morgan fingerprint density at radius 3 is 2.34 bits per heavy atom. The number of carbonyl (C=O) groups excluding carboxylic acids is 2. The lowest BCUT2D eigenvalue weighted by molar-refractivity contribution is -0.148. The van der Waals surface area contributed by atoms with Crippen LogP contribution < -0.4 is 10.3 Å². The van der Waals surface area contributed by atoms with Crippen LogP contribution in [0.15, 0.2) is 59.7 Å². The summed E-state index contributed by atoms with van der Waals surface area (Å²) in [7, 11) is 0. The molecule has 1 aliphatic rings. The number of aliphatic hydroxyl groups excluding tert-OH is 1. The van der Waals surface area contributed by atoms with Gasteiger partial charge >= 0.3 is 5.97 Å². The summed E-state index contributed by atoms with van der Waals surface area (Å²) in [6.45, 7) is 1.76. The zero-order valence-electron chi connectivity index (χ0n) is 15.8. The molecule has 3 rings (SSSR count). The van der Waals surface area contributed by atoms with E-state index in [-0.39, 0.29) is 24.3 Å². The number of benzene rings is 2. The molecule has 150 valence electrons. The van der Waals surface area contributed by atoms with E-state index < -0.39 is 24.0 Å². The number of aliphatic carboxylic acids is 1. The molecule has 2 amide bonds. The number of hydrogen-bond donors (Lipinski definition) is 3. The van der Waals surface area contributed by atoms with E-state index in [1.165, 1.54) is 17.1 Å². The van der Waals surface area contributed by atoms with Crippen molar-refractivity contribution in [3.63, 3.8) is 0 Å². The van der Waals surface area contributed by atoms with Crippen LogP contribution in [0.25, 0.3) is 0 Å². The number of aliphatic hydroxyl groups is 1. The van der Waals surface area contributed by atoms with Gasteiger partial charge in [0.15, 0.2) is 6.10 Å². The van der Waals surface area contributed by atoms with Crippen molar-refractivity contribution in [2.75, 3.05) is 5.01 Å². The lowest BCUT2D eigenvalue weighted by Gasteiger charge is -2.22. The predicted octanol–water partition coefficient (Wildman–Crippen LogP) is 1.59. The largest absolute Gasteiger partial charge is 0.479 e. The van der Waals surface area contributed by atoms with Gasteiger partial charge in [0, 0.05) is 11.3 Å². The Morgan fingerprint density at radius 1 is 1.14 bits per heavy atom. The van der Waals surface area contributed by atoms with Crippen molar-refractivity contribution in [1.29, 1.82) is 0 Å². The van der Waals surface area contributed by atoms with Gasteiger partial charge in [-0.05, 0) is 43.2 Å². The quantitative estimate of drug-likeness (QED) is 0.658. The summed E-state index contributed by atoms with van der Waals surface area (Å²) in [6, 6.07) is 14.2. The number of anilines is 1. The smallest absolute Gasteiger partial charge is 0.334 e. The van der Waals surface area contributed by atoms with E-state index in [2.05, 4.69) is 10.4 Å². The summed E-state index contributed by atoms with van der Waals surface area (Å²) in [5.41, 5.74) is 2.31. The van der Waals surface area contributed by atoms with Crippen LogP contribution in [0.5, 0.6) is 0 Å². The first-order valence-electron chi connectivity index (χ1n) is 9.08. The SMILES string of the molecule is CC1=NN(c2ccc(C(=O)N[C@H](Cc3ccccc3)[C@@H](O)C(=O)O)cc2)C(=O)C1. The van der Waals surface area contributed by atoms with E-state index in [0.29, 0.717) is 11.4 Å². The van der Waals surface area contributed by atoms with Gasteiger partial charge in [0.25, 0.3) is 11.8 Å². The molecule has 0 saturated carbocycles. The van der Waals surface area contributed by atoms with Gasteiger partial charge in [0.1, 0.15) is 0 Å². The first-order valence-corrected chi connectivity index (χ1v) is 9.08. The van der Waals surface area contributed by atoms with Gasteiger partial charge in [-0.25, -0.2) is 9.80 Å². The summed E-state index contributed by atoms with van der Waals surface area (Å²) in [5, 5.41) is 27.2. The Labute approximate surface area is 167 Å². The molecule has 2 aromatic carbocycles. The Kier molecular flexibility index (Phi) is 6.04. The number of rotatable bonds is 7. The highest BCUT2D eigenvalue weighted by Crippen LogP contribution is 2.21. The molecule has 0 aromatic heterocycles. The van der Waals surface area contributed by atoms with Crippen LogP contribution in [-0.2, 0) is 16.0 Å². The summed E-state index contributed by atoms with van der Waals surface area (Å²) < 4.78 is 0. The Morgan fingerprint density at radius 2 is 1.79 bits per heavy atom. The molecule has 8 heteroatoms. The highest BCUT2D eigenvalue weighted by atomic mass is 16.4. The third-order valence-corrected chi connectivity index (χ3v) is 4.54. The Balaban J connectivity index is 1.73. The summed E-state index contributed by atoms with van der Waals surface area (Å²) in [6.07, 6.45) is -1.33. The zero-order chi connectivity index (χ0) is 21.0. The van der Waals surface area contributed by atoms with Gasteiger partial charge in [-0.15, -0.1) is 0 Å². The molecule has 0 bridgehead atoms.